The number of ether oxygens (including phenoxy) is 1. The van der Waals surface area contributed by atoms with Crippen LogP contribution in [0.25, 0.3) is 0 Å². The van der Waals surface area contributed by atoms with E-state index >= 15 is 0 Å². The lowest BCUT2D eigenvalue weighted by atomic mass is 10.1. The quantitative estimate of drug-likeness (QED) is 0.792. The minimum Gasteiger partial charge on any atom is -0.465 e. The summed E-state index contributed by atoms with van der Waals surface area (Å²) in [6, 6.07) is 8.10. The van der Waals surface area contributed by atoms with Crippen LogP contribution in [0.2, 0.25) is 0 Å². The Labute approximate surface area is 124 Å². The van der Waals surface area contributed by atoms with Crippen molar-refractivity contribution in [2.75, 3.05) is 19.1 Å². The van der Waals surface area contributed by atoms with Gasteiger partial charge in [0, 0.05) is 19.3 Å². The molecule has 1 heterocycles. The van der Waals surface area contributed by atoms with E-state index < -0.39 is 0 Å². The van der Waals surface area contributed by atoms with Crippen LogP contribution in [0, 0.1) is 0 Å². The SMILES string of the molecule is COC(=O)c1ccccc1N(C)Cc1cncn1C1CC1. The topological polar surface area (TPSA) is 47.4 Å². The lowest BCUT2D eigenvalue weighted by Crippen LogP contribution is -2.21. The van der Waals surface area contributed by atoms with Crippen molar-refractivity contribution in [2.24, 2.45) is 0 Å². The lowest BCUT2D eigenvalue weighted by Gasteiger charge is -2.22. The number of carbonyl (C=O) groups is 1. The number of hydrogen-bond donors (Lipinski definition) is 0. The van der Waals surface area contributed by atoms with E-state index in [-0.39, 0.29) is 5.97 Å². The first kappa shape index (κ1) is 13.7. The smallest absolute Gasteiger partial charge is 0.339 e. The molecule has 1 saturated carbocycles. The van der Waals surface area contributed by atoms with Crippen molar-refractivity contribution in [3.05, 3.63) is 48.0 Å². The zero-order valence-electron chi connectivity index (χ0n) is 12.3. The van der Waals surface area contributed by atoms with Gasteiger partial charge in [0.25, 0.3) is 0 Å². The molecule has 1 aromatic heterocycles. The van der Waals surface area contributed by atoms with E-state index in [0.717, 1.165) is 5.69 Å². The van der Waals surface area contributed by atoms with Crippen LogP contribution in [0.15, 0.2) is 36.8 Å². The second-order valence-electron chi connectivity index (χ2n) is 5.39. The molecule has 5 nitrogen and oxygen atoms in total. The molecule has 0 amide bonds. The molecule has 0 bridgehead atoms. The number of imidazole rings is 1. The Morgan fingerprint density at radius 1 is 1.43 bits per heavy atom. The maximum atomic E-state index is 11.9. The fraction of sp³-hybridized carbons (Fsp3) is 0.375. The van der Waals surface area contributed by atoms with Gasteiger partial charge in [-0.3, -0.25) is 0 Å². The summed E-state index contributed by atoms with van der Waals surface area (Å²) < 4.78 is 7.08. The van der Waals surface area contributed by atoms with Crippen LogP contribution in [0.4, 0.5) is 5.69 Å². The van der Waals surface area contributed by atoms with Crippen molar-refractivity contribution in [3.8, 4) is 0 Å². The number of aromatic nitrogens is 2. The van der Waals surface area contributed by atoms with Crippen molar-refractivity contribution in [1.82, 2.24) is 9.55 Å². The van der Waals surface area contributed by atoms with Gasteiger partial charge >= 0.3 is 5.97 Å². The second-order valence-corrected chi connectivity index (χ2v) is 5.39. The molecule has 0 unspecified atom stereocenters. The highest BCUT2D eigenvalue weighted by atomic mass is 16.5. The van der Waals surface area contributed by atoms with Crippen molar-refractivity contribution in [2.45, 2.75) is 25.4 Å². The third kappa shape index (κ3) is 2.77. The Morgan fingerprint density at radius 2 is 2.19 bits per heavy atom. The normalized spacial score (nSPS) is 14.0. The molecule has 0 N–H and O–H groups in total. The number of carbonyl (C=O) groups excluding carboxylic acids is 1. The molecule has 3 rings (SSSR count). The van der Waals surface area contributed by atoms with E-state index in [1.165, 1.54) is 25.6 Å². The number of hydrogen-bond acceptors (Lipinski definition) is 4. The zero-order chi connectivity index (χ0) is 14.8. The number of rotatable bonds is 5. The molecule has 21 heavy (non-hydrogen) atoms. The summed E-state index contributed by atoms with van der Waals surface area (Å²) in [6.45, 7) is 0.713. The monoisotopic (exact) mass is 285 g/mol. The number of methoxy groups -OCH3 is 1. The first-order valence-electron chi connectivity index (χ1n) is 7.10. The molecule has 0 spiro atoms. The van der Waals surface area contributed by atoms with Crippen LogP contribution >= 0.6 is 0 Å². The number of benzene rings is 1. The Bertz CT molecular complexity index is 646. The van der Waals surface area contributed by atoms with Gasteiger partial charge in [0.2, 0.25) is 0 Å². The van der Waals surface area contributed by atoms with Gasteiger partial charge in [0.05, 0.1) is 36.9 Å². The molecule has 1 fully saturated rings. The van der Waals surface area contributed by atoms with Gasteiger partial charge in [0.15, 0.2) is 0 Å². The minimum atomic E-state index is -0.312. The van der Waals surface area contributed by atoms with Crippen LogP contribution in [-0.4, -0.2) is 29.7 Å². The van der Waals surface area contributed by atoms with Crippen LogP contribution in [0.1, 0.15) is 34.9 Å². The molecule has 110 valence electrons. The van der Waals surface area contributed by atoms with Crippen LogP contribution < -0.4 is 4.90 Å². The second kappa shape index (κ2) is 5.60. The van der Waals surface area contributed by atoms with Crippen molar-refractivity contribution < 1.29 is 9.53 Å². The van der Waals surface area contributed by atoms with Gasteiger partial charge in [-0.15, -0.1) is 0 Å². The number of esters is 1. The van der Waals surface area contributed by atoms with Crippen LogP contribution in [0.3, 0.4) is 0 Å². The zero-order valence-corrected chi connectivity index (χ0v) is 12.3. The van der Waals surface area contributed by atoms with Crippen molar-refractivity contribution >= 4 is 11.7 Å². The highest BCUT2D eigenvalue weighted by Gasteiger charge is 2.25. The maximum absolute atomic E-state index is 11.9. The third-order valence-corrected chi connectivity index (χ3v) is 3.81. The van der Waals surface area contributed by atoms with Crippen molar-refractivity contribution in [3.63, 3.8) is 0 Å². The minimum absolute atomic E-state index is 0.312. The molecule has 0 radical (unpaired) electrons. The fourth-order valence-electron chi connectivity index (χ4n) is 2.55. The van der Waals surface area contributed by atoms with E-state index in [9.17, 15) is 4.79 Å². The van der Waals surface area contributed by atoms with Gasteiger partial charge in [0.1, 0.15) is 0 Å². The molecule has 0 atom stereocenters. The summed E-state index contributed by atoms with van der Waals surface area (Å²) in [5, 5.41) is 0. The van der Waals surface area contributed by atoms with Crippen LogP contribution in [0.5, 0.6) is 0 Å². The summed E-state index contributed by atoms with van der Waals surface area (Å²) in [4.78, 5) is 18.2. The summed E-state index contributed by atoms with van der Waals surface area (Å²) in [5.41, 5.74) is 2.62. The highest BCUT2D eigenvalue weighted by molar-refractivity contribution is 5.95. The van der Waals surface area contributed by atoms with E-state index in [1.807, 2.05) is 37.8 Å². The van der Waals surface area contributed by atoms with Gasteiger partial charge in [-0.05, 0) is 25.0 Å². The third-order valence-electron chi connectivity index (χ3n) is 3.81. The number of para-hydroxylation sites is 1. The Hall–Kier alpha value is -2.30. The average Bonchev–Trinajstić information content (AvgIpc) is 3.26. The standard InChI is InChI=1S/C16H19N3O2/c1-18(10-13-9-17-11-19(13)12-7-8-12)15-6-4-3-5-14(15)16(20)21-2/h3-6,9,11-12H,7-8,10H2,1-2H3. The Morgan fingerprint density at radius 3 is 2.90 bits per heavy atom. The molecule has 5 heteroatoms. The summed E-state index contributed by atoms with van der Waals surface area (Å²) in [7, 11) is 3.38. The highest BCUT2D eigenvalue weighted by Crippen LogP contribution is 2.36. The Kier molecular flexibility index (Phi) is 3.64. The molecule has 1 aromatic carbocycles. The molecule has 0 saturated heterocycles. The van der Waals surface area contributed by atoms with Crippen LogP contribution in [-0.2, 0) is 11.3 Å². The van der Waals surface area contributed by atoms with E-state index in [4.69, 9.17) is 4.74 Å². The first-order valence-corrected chi connectivity index (χ1v) is 7.10. The van der Waals surface area contributed by atoms with Gasteiger partial charge in [-0.25, -0.2) is 9.78 Å². The van der Waals surface area contributed by atoms with Crippen molar-refractivity contribution in [1.29, 1.82) is 0 Å². The predicted molar refractivity (Wildman–Crippen MR) is 80.4 cm³/mol. The molecule has 2 aromatic rings. The summed E-state index contributed by atoms with van der Waals surface area (Å²) >= 11 is 0. The number of anilines is 1. The van der Waals surface area contributed by atoms with Gasteiger partial charge in [-0.1, -0.05) is 12.1 Å². The molecule has 1 aliphatic carbocycles. The molecule has 0 aliphatic heterocycles. The average molecular weight is 285 g/mol. The van der Waals surface area contributed by atoms with E-state index in [1.54, 1.807) is 6.07 Å². The Balaban J connectivity index is 1.83. The molecular weight excluding hydrogens is 266 g/mol. The van der Waals surface area contributed by atoms with E-state index in [0.29, 0.717) is 18.2 Å². The maximum Gasteiger partial charge on any atom is 0.339 e. The molecular formula is C16H19N3O2. The first-order chi connectivity index (χ1) is 10.2. The van der Waals surface area contributed by atoms with Gasteiger partial charge < -0.3 is 14.2 Å². The fourth-order valence-corrected chi connectivity index (χ4v) is 2.55. The van der Waals surface area contributed by atoms with E-state index in [2.05, 4.69) is 14.5 Å². The predicted octanol–water partition coefficient (Wildman–Crippen LogP) is 2.64. The lowest BCUT2D eigenvalue weighted by molar-refractivity contribution is 0.0601. The summed E-state index contributed by atoms with van der Waals surface area (Å²) in [6.07, 6.45) is 6.25. The van der Waals surface area contributed by atoms with Gasteiger partial charge in [-0.2, -0.15) is 0 Å². The number of nitrogens with zero attached hydrogens (tertiary/aromatic N) is 3. The molecule has 1 aliphatic rings. The largest absolute Gasteiger partial charge is 0.465 e. The summed E-state index contributed by atoms with van der Waals surface area (Å²) in [5.74, 6) is -0.312.